The maximum absolute atomic E-state index is 3.45. The van der Waals surface area contributed by atoms with Crippen LogP contribution in [0.2, 0.25) is 0 Å². The summed E-state index contributed by atoms with van der Waals surface area (Å²) in [7, 11) is 0. The quantitative estimate of drug-likeness (QED) is 0.799. The fourth-order valence-electron chi connectivity index (χ4n) is 1.84. The van der Waals surface area contributed by atoms with Crippen LogP contribution >= 0.6 is 22.6 Å². The molecule has 0 spiro atoms. The SMILES string of the molecule is CC1CN(c2cccc(I)c2)CCN1. The number of rotatable bonds is 1. The number of anilines is 1. The van der Waals surface area contributed by atoms with Crippen molar-refractivity contribution in [3.05, 3.63) is 27.8 Å². The monoisotopic (exact) mass is 302 g/mol. The number of hydrogen-bond acceptors (Lipinski definition) is 2. The van der Waals surface area contributed by atoms with E-state index in [1.54, 1.807) is 0 Å². The summed E-state index contributed by atoms with van der Waals surface area (Å²) in [6.45, 7) is 5.55. The van der Waals surface area contributed by atoms with E-state index in [1.165, 1.54) is 9.26 Å². The first kappa shape index (κ1) is 10.2. The molecule has 1 aromatic carbocycles. The third-order valence-corrected chi connectivity index (χ3v) is 3.21. The number of nitrogens with zero attached hydrogens (tertiary/aromatic N) is 1. The van der Waals surface area contributed by atoms with Crippen LogP contribution < -0.4 is 10.2 Å². The zero-order valence-electron chi connectivity index (χ0n) is 8.33. The predicted molar refractivity (Wildman–Crippen MR) is 68.8 cm³/mol. The van der Waals surface area contributed by atoms with Gasteiger partial charge in [0.1, 0.15) is 0 Å². The average molecular weight is 302 g/mol. The molecule has 0 radical (unpaired) electrons. The molecule has 2 nitrogen and oxygen atoms in total. The van der Waals surface area contributed by atoms with Crippen LogP contribution in [0, 0.1) is 3.57 Å². The molecular weight excluding hydrogens is 287 g/mol. The summed E-state index contributed by atoms with van der Waals surface area (Å²) in [5.74, 6) is 0. The van der Waals surface area contributed by atoms with Crippen LogP contribution in [0.1, 0.15) is 6.92 Å². The van der Waals surface area contributed by atoms with Gasteiger partial charge >= 0.3 is 0 Å². The van der Waals surface area contributed by atoms with Crippen LogP contribution in [0.3, 0.4) is 0 Å². The first-order valence-corrected chi connectivity index (χ1v) is 6.07. The summed E-state index contributed by atoms with van der Waals surface area (Å²) in [5, 5.41) is 3.45. The fourth-order valence-corrected chi connectivity index (χ4v) is 2.37. The molecule has 1 saturated heterocycles. The van der Waals surface area contributed by atoms with Crippen LogP contribution in [0.15, 0.2) is 24.3 Å². The van der Waals surface area contributed by atoms with Gasteiger partial charge in [0, 0.05) is 34.9 Å². The van der Waals surface area contributed by atoms with Gasteiger partial charge in [-0.3, -0.25) is 0 Å². The van der Waals surface area contributed by atoms with Gasteiger partial charge in [-0.15, -0.1) is 0 Å². The van der Waals surface area contributed by atoms with Gasteiger partial charge in [0.25, 0.3) is 0 Å². The third-order valence-electron chi connectivity index (χ3n) is 2.54. The summed E-state index contributed by atoms with van der Waals surface area (Å²) in [4.78, 5) is 2.45. The Morgan fingerprint density at radius 3 is 3.07 bits per heavy atom. The fraction of sp³-hybridized carbons (Fsp3) is 0.455. The van der Waals surface area contributed by atoms with E-state index < -0.39 is 0 Å². The highest BCUT2D eigenvalue weighted by atomic mass is 127. The van der Waals surface area contributed by atoms with Gasteiger partial charge in [-0.2, -0.15) is 0 Å². The van der Waals surface area contributed by atoms with Crippen molar-refractivity contribution >= 4 is 28.3 Å². The second-order valence-electron chi connectivity index (χ2n) is 3.78. The lowest BCUT2D eigenvalue weighted by atomic mass is 10.2. The molecule has 0 aromatic heterocycles. The molecule has 3 heteroatoms. The van der Waals surface area contributed by atoms with Crippen molar-refractivity contribution in [2.24, 2.45) is 0 Å². The molecule has 1 aliphatic heterocycles. The van der Waals surface area contributed by atoms with Crippen molar-refractivity contribution in [1.29, 1.82) is 0 Å². The van der Waals surface area contributed by atoms with Gasteiger partial charge < -0.3 is 10.2 Å². The van der Waals surface area contributed by atoms with E-state index >= 15 is 0 Å². The van der Waals surface area contributed by atoms with E-state index in [0.717, 1.165) is 19.6 Å². The number of nitrogens with one attached hydrogen (secondary N) is 1. The van der Waals surface area contributed by atoms with Crippen molar-refractivity contribution in [2.75, 3.05) is 24.5 Å². The molecular formula is C11H15IN2. The lowest BCUT2D eigenvalue weighted by Crippen LogP contribution is -2.49. The summed E-state index contributed by atoms with van der Waals surface area (Å²) < 4.78 is 1.31. The molecule has 1 unspecified atom stereocenters. The van der Waals surface area contributed by atoms with Crippen LogP contribution in [0.5, 0.6) is 0 Å². The molecule has 1 aromatic rings. The summed E-state index contributed by atoms with van der Waals surface area (Å²) >= 11 is 2.36. The standard InChI is InChI=1S/C11H15IN2/c1-9-8-14(6-5-13-9)11-4-2-3-10(12)7-11/h2-4,7,9,13H,5-6,8H2,1H3. The molecule has 1 aliphatic rings. The van der Waals surface area contributed by atoms with E-state index in [-0.39, 0.29) is 0 Å². The van der Waals surface area contributed by atoms with Gasteiger partial charge in [0.15, 0.2) is 0 Å². The zero-order valence-corrected chi connectivity index (χ0v) is 10.5. The Morgan fingerprint density at radius 2 is 2.36 bits per heavy atom. The van der Waals surface area contributed by atoms with Crippen molar-refractivity contribution in [1.82, 2.24) is 5.32 Å². The minimum atomic E-state index is 0.599. The summed E-state index contributed by atoms with van der Waals surface area (Å²) in [6.07, 6.45) is 0. The molecule has 1 N–H and O–H groups in total. The number of benzene rings is 1. The predicted octanol–water partition coefficient (Wildman–Crippen LogP) is 2.09. The molecule has 0 aliphatic carbocycles. The Bertz CT molecular complexity index is 314. The largest absolute Gasteiger partial charge is 0.369 e. The minimum Gasteiger partial charge on any atom is -0.369 e. The van der Waals surface area contributed by atoms with E-state index in [0.29, 0.717) is 6.04 Å². The topological polar surface area (TPSA) is 15.3 Å². The highest BCUT2D eigenvalue weighted by Gasteiger charge is 2.15. The maximum Gasteiger partial charge on any atom is 0.0377 e. The smallest absolute Gasteiger partial charge is 0.0377 e. The van der Waals surface area contributed by atoms with Crippen LogP contribution in [0.4, 0.5) is 5.69 Å². The van der Waals surface area contributed by atoms with Crippen LogP contribution in [-0.4, -0.2) is 25.7 Å². The summed E-state index contributed by atoms with van der Waals surface area (Å²) in [6, 6.07) is 9.31. The van der Waals surface area contributed by atoms with Crippen molar-refractivity contribution in [3.63, 3.8) is 0 Å². The van der Waals surface area contributed by atoms with Gasteiger partial charge in [-0.05, 0) is 47.7 Å². The molecule has 0 saturated carbocycles. The number of hydrogen-bond donors (Lipinski definition) is 1. The first-order valence-electron chi connectivity index (χ1n) is 4.99. The third kappa shape index (κ3) is 2.39. The highest BCUT2D eigenvalue weighted by molar-refractivity contribution is 14.1. The average Bonchev–Trinajstić information content (AvgIpc) is 2.18. The molecule has 76 valence electrons. The first-order chi connectivity index (χ1) is 6.75. The second kappa shape index (κ2) is 4.49. The minimum absolute atomic E-state index is 0.599. The Kier molecular flexibility index (Phi) is 3.28. The normalized spacial score (nSPS) is 22.4. The van der Waals surface area contributed by atoms with E-state index in [2.05, 4.69) is 64.0 Å². The highest BCUT2D eigenvalue weighted by Crippen LogP contribution is 2.18. The Hall–Kier alpha value is -0.290. The maximum atomic E-state index is 3.45. The van der Waals surface area contributed by atoms with E-state index in [1.807, 2.05) is 0 Å². The molecule has 14 heavy (non-hydrogen) atoms. The molecule has 2 rings (SSSR count). The van der Waals surface area contributed by atoms with Gasteiger partial charge in [-0.25, -0.2) is 0 Å². The molecule has 0 bridgehead atoms. The molecule has 0 amide bonds. The van der Waals surface area contributed by atoms with E-state index in [4.69, 9.17) is 0 Å². The second-order valence-corrected chi connectivity index (χ2v) is 5.03. The van der Waals surface area contributed by atoms with Gasteiger partial charge in [0.05, 0.1) is 0 Å². The Labute approximate surface area is 98.8 Å². The van der Waals surface area contributed by atoms with E-state index in [9.17, 15) is 0 Å². The van der Waals surface area contributed by atoms with Crippen LogP contribution in [-0.2, 0) is 0 Å². The summed E-state index contributed by atoms with van der Waals surface area (Å²) in [5.41, 5.74) is 1.35. The van der Waals surface area contributed by atoms with Crippen molar-refractivity contribution in [3.8, 4) is 0 Å². The van der Waals surface area contributed by atoms with Crippen molar-refractivity contribution in [2.45, 2.75) is 13.0 Å². The zero-order chi connectivity index (χ0) is 9.97. The molecule has 1 atom stereocenters. The number of piperazine rings is 1. The Balaban J connectivity index is 2.14. The van der Waals surface area contributed by atoms with Gasteiger partial charge in [0.2, 0.25) is 0 Å². The van der Waals surface area contributed by atoms with Gasteiger partial charge in [-0.1, -0.05) is 6.07 Å². The van der Waals surface area contributed by atoms with Crippen LogP contribution in [0.25, 0.3) is 0 Å². The van der Waals surface area contributed by atoms with Crippen molar-refractivity contribution < 1.29 is 0 Å². The number of halogens is 1. The lowest BCUT2D eigenvalue weighted by molar-refractivity contribution is 0.485. The molecule has 1 heterocycles. The lowest BCUT2D eigenvalue weighted by Gasteiger charge is -2.33. The Morgan fingerprint density at radius 1 is 1.50 bits per heavy atom. The molecule has 1 fully saturated rings.